The molecule has 2 heterocycles. The number of rotatable bonds is 6. The fourth-order valence-electron chi connectivity index (χ4n) is 2.13. The smallest absolute Gasteiger partial charge is 0.238 e. The summed E-state index contributed by atoms with van der Waals surface area (Å²) in [5.41, 5.74) is 1.20. The molecule has 0 atom stereocenters. The molecule has 1 aromatic carbocycles. The third kappa shape index (κ3) is 4.61. The van der Waals surface area contributed by atoms with E-state index in [0.29, 0.717) is 16.7 Å². The number of carbonyl (C=O) groups excluding carboxylic acids is 1. The molecule has 0 fully saturated rings. The second kappa shape index (κ2) is 7.73. The van der Waals surface area contributed by atoms with Crippen molar-refractivity contribution in [2.45, 2.75) is 10.1 Å². The normalized spacial score (nSPS) is 11.3. The van der Waals surface area contributed by atoms with Crippen molar-refractivity contribution < 1.29 is 13.2 Å². The van der Waals surface area contributed by atoms with E-state index < -0.39 is 10.0 Å². The number of amides is 1. The average molecular weight is 405 g/mol. The first kappa shape index (κ1) is 18.8. The molecule has 0 saturated carbocycles. The van der Waals surface area contributed by atoms with Crippen LogP contribution in [0.4, 0.5) is 5.69 Å². The van der Waals surface area contributed by atoms with E-state index in [-0.39, 0.29) is 16.6 Å². The maximum atomic E-state index is 12.1. The molecule has 27 heavy (non-hydrogen) atoms. The number of pyridine rings is 1. The molecule has 0 unspecified atom stereocenters. The summed E-state index contributed by atoms with van der Waals surface area (Å²) in [5.74, 6) is 6.17. The second-order valence-electron chi connectivity index (χ2n) is 5.32. The highest BCUT2D eigenvalue weighted by atomic mass is 32.2. The van der Waals surface area contributed by atoms with Gasteiger partial charge in [-0.15, -0.1) is 10.2 Å². The Labute approximate surface area is 159 Å². The largest absolute Gasteiger partial charge is 0.335 e. The number of anilines is 1. The third-order valence-electron chi connectivity index (χ3n) is 3.40. The van der Waals surface area contributed by atoms with E-state index in [9.17, 15) is 13.2 Å². The van der Waals surface area contributed by atoms with Crippen LogP contribution in [0.5, 0.6) is 0 Å². The van der Waals surface area contributed by atoms with E-state index in [1.165, 1.54) is 28.9 Å². The predicted octanol–water partition coefficient (Wildman–Crippen LogP) is 0.432. The third-order valence-corrected chi connectivity index (χ3v) is 5.27. The molecular weight excluding hydrogens is 390 g/mol. The molecule has 0 aliphatic carbocycles. The molecule has 5 N–H and O–H groups in total. The maximum absolute atomic E-state index is 12.1. The van der Waals surface area contributed by atoms with Crippen molar-refractivity contribution in [3.63, 3.8) is 0 Å². The van der Waals surface area contributed by atoms with Gasteiger partial charge < -0.3 is 11.2 Å². The summed E-state index contributed by atoms with van der Waals surface area (Å²) in [6.45, 7) is 0. The lowest BCUT2D eigenvalue weighted by Crippen LogP contribution is -2.17. The average Bonchev–Trinajstić information content (AvgIpc) is 3.01. The van der Waals surface area contributed by atoms with Crippen molar-refractivity contribution in [3.8, 4) is 11.4 Å². The van der Waals surface area contributed by atoms with Crippen LogP contribution in [0, 0.1) is 0 Å². The zero-order valence-electron chi connectivity index (χ0n) is 13.8. The molecule has 2 aromatic heterocycles. The van der Waals surface area contributed by atoms with Gasteiger partial charge in [-0.3, -0.25) is 9.78 Å². The monoisotopic (exact) mass is 405 g/mol. The molecule has 0 aliphatic rings. The Morgan fingerprint density at radius 2 is 1.78 bits per heavy atom. The van der Waals surface area contributed by atoms with Crippen LogP contribution in [-0.4, -0.2) is 39.9 Å². The number of benzene rings is 1. The fraction of sp³-hybridized carbons (Fsp3) is 0.0667. The molecule has 10 nitrogen and oxygen atoms in total. The van der Waals surface area contributed by atoms with Crippen LogP contribution in [0.1, 0.15) is 0 Å². The van der Waals surface area contributed by atoms with Gasteiger partial charge in [0.1, 0.15) is 0 Å². The molecule has 0 radical (unpaired) electrons. The standard InChI is InChI=1S/C15H15N7O3S2/c16-22-14(10-5-7-18-8-6-10)20-21-15(22)26-9-13(23)19-11-1-3-12(4-2-11)27(17,24)25/h1-8H,9,16H2,(H,19,23)(H2,17,24,25). The molecular formula is C15H15N7O3S2. The summed E-state index contributed by atoms with van der Waals surface area (Å²) < 4.78 is 23.7. The Balaban J connectivity index is 1.61. The SMILES string of the molecule is Nn1c(SCC(=O)Nc2ccc(S(N)(=O)=O)cc2)nnc1-c1ccncc1. The van der Waals surface area contributed by atoms with E-state index in [2.05, 4.69) is 20.5 Å². The van der Waals surface area contributed by atoms with Gasteiger partial charge in [-0.25, -0.2) is 18.2 Å². The number of nitrogens with zero attached hydrogens (tertiary/aromatic N) is 4. The first-order chi connectivity index (χ1) is 12.8. The number of primary sulfonamides is 1. The van der Waals surface area contributed by atoms with Crippen molar-refractivity contribution >= 4 is 33.4 Å². The highest BCUT2D eigenvalue weighted by Gasteiger charge is 2.14. The molecule has 0 aliphatic heterocycles. The van der Waals surface area contributed by atoms with E-state index in [1.807, 2.05) is 0 Å². The summed E-state index contributed by atoms with van der Waals surface area (Å²) in [5, 5.41) is 16.1. The van der Waals surface area contributed by atoms with Crippen LogP contribution in [0.15, 0.2) is 58.8 Å². The van der Waals surface area contributed by atoms with E-state index in [1.54, 1.807) is 24.5 Å². The number of hydrogen-bond donors (Lipinski definition) is 3. The van der Waals surface area contributed by atoms with Crippen molar-refractivity contribution in [1.82, 2.24) is 19.9 Å². The van der Waals surface area contributed by atoms with Gasteiger partial charge in [-0.1, -0.05) is 11.8 Å². The predicted molar refractivity (Wildman–Crippen MR) is 101 cm³/mol. The number of hydrogen-bond acceptors (Lipinski definition) is 8. The second-order valence-corrected chi connectivity index (χ2v) is 7.82. The molecule has 0 bridgehead atoms. The van der Waals surface area contributed by atoms with Gasteiger partial charge in [0.25, 0.3) is 0 Å². The molecule has 3 rings (SSSR count). The van der Waals surface area contributed by atoms with Gasteiger partial charge in [-0.05, 0) is 36.4 Å². The van der Waals surface area contributed by atoms with Crippen molar-refractivity contribution in [2.24, 2.45) is 5.14 Å². The van der Waals surface area contributed by atoms with Crippen LogP contribution in [0.2, 0.25) is 0 Å². The molecule has 0 saturated heterocycles. The number of nitrogen functional groups attached to an aromatic ring is 1. The lowest BCUT2D eigenvalue weighted by atomic mass is 10.2. The van der Waals surface area contributed by atoms with E-state index in [0.717, 1.165) is 17.3 Å². The van der Waals surface area contributed by atoms with Gasteiger partial charge in [0.05, 0.1) is 10.6 Å². The summed E-state index contributed by atoms with van der Waals surface area (Å²) in [6, 6.07) is 9.04. The highest BCUT2D eigenvalue weighted by molar-refractivity contribution is 7.99. The van der Waals surface area contributed by atoms with E-state index in [4.69, 9.17) is 11.0 Å². The zero-order valence-corrected chi connectivity index (χ0v) is 15.4. The van der Waals surface area contributed by atoms with Crippen LogP contribution < -0.4 is 16.3 Å². The topological polar surface area (TPSA) is 159 Å². The Morgan fingerprint density at radius 1 is 1.11 bits per heavy atom. The number of nitrogens with two attached hydrogens (primary N) is 2. The van der Waals surface area contributed by atoms with Crippen molar-refractivity contribution in [3.05, 3.63) is 48.8 Å². The van der Waals surface area contributed by atoms with Crippen molar-refractivity contribution in [1.29, 1.82) is 0 Å². The van der Waals surface area contributed by atoms with Gasteiger partial charge in [0.15, 0.2) is 5.82 Å². The fourth-order valence-corrected chi connectivity index (χ4v) is 3.30. The minimum atomic E-state index is -3.77. The summed E-state index contributed by atoms with van der Waals surface area (Å²) in [7, 11) is -3.77. The first-order valence-electron chi connectivity index (χ1n) is 7.51. The summed E-state index contributed by atoms with van der Waals surface area (Å²) >= 11 is 1.12. The Hall–Kier alpha value is -2.96. The Bertz CT molecular complexity index is 1050. The lowest BCUT2D eigenvalue weighted by molar-refractivity contribution is -0.113. The van der Waals surface area contributed by atoms with Gasteiger partial charge >= 0.3 is 0 Å². The van der Waals surface area contributed by atoms with Crippen molar-refractivity contribution in [2.75, 3.05) is 16.9 Å². The Morgan fingerprint density at radius 3 is 2.41 bits per heavy atom. The number of thioether (sulfide) groups is 1. The highest BCUT2D eigenvalue weighted by Crippen LogP contribution is 2.21. The van der Waals surface area contributed by atoms with E-state index >= 15 is 0 Å². The Kier molecular flexibility index (Phi) is 5.39. The summed E-state index contributed by atoms with van der Waals surface area (Å²) in [4.78, 5) is 16.0. The molecule has 0 spiro atoms. The van der Waals surface area contributed by atoms with Gasteiger partial charge in [0, 0.05) is 23.6 Å². The molecule has 1 amide bonds. The molecule has 12 heteroatoms. The van der Waals surface area contributed by atoms with Crippen LogP contribution in [0.25, 0.3) is 11.4 Å². The van der Waals surface area contributed by atoms with Gasteiger partial charge in [-0.2, -0.15) is 0 Å². The first-order valence-corrected chi connectivity index (χ1v) is 10.0. The quantitative estimate of drug-likeness (QED) is 0.393. The number of aromatic nitrogens is 4. The molecule has 3 aromatic rings. The summed E-state index contributed by atoms with van der Waals surface area (Å²) in [6.07, 6.45) is 3.23. The zero-order chi connectivity index (χ0) is 19.4. The molecule has 140 valence electrons. The minimum absolute atomic E-state index is 0.0326. The minimum Gasteiger partial charge on any atom is -0.335 e. The van der Waals surface area contributed by atoms with Crippen LogP contribution in [0.3, 0.4) is 0 Å². The van der Waals surface area contributed by atoms with Gasteiger partial charge in [0.2, 0.25) is 21.1 Å². The van der Waals surface area contributed by atoms with Crippen LogP contribution in [-0.2, 0) is 14.8 Å². The maximum Gasteiger partial charge on any atom is 0.238 e. The number of carbonyl (C=O) groups is 1. The lowest BCUT2D eigenvalue weighted by Gasteiger charge is -2.06. The van der Waals surface area contributed by atoms with Crippen LogP contribution >= 0.6 is 11.8 Å². The number of sulfonamides is 1. The number of nitrogens with one attached hydrogen (secondary N) is 1.